The van der Waals surface area contributed by atoms with Crippen LogP contribution < -0.4 is 10.9 Å². The lowest BCUT2D eigenvalue weighted by molar-refractivity contribution is 0.0947. The Balaban J connectivity index is 1.59. The topological polar surface area (TPSA) is 85.1 Å². The molecule has 0 aliphatic heterocycles. The zero-order valence-corrected chi connectivity index (χ0v) is 14.3. The number of hydrogen-bond donors (Lipinski definition) is 1. The van der Waals surface area contributed by atoms with E-state index in [-0.39, 0.29) is 12.1 Å². The first kappa shape index (κ1) is 16.7. The number of para-hydroxylation sites is 1. The predicted molar refractivity (Wildman–Crippen MR) is 101 cm³/mol. The van der Waals surface area contributed by atoms with Gasteiger partial charge in [-0.1, -0.05) is 24.3 Å². The summed E-state index contributed by atoms with van der Waals surface area (Å²) in [5.41, 5.74) is 2.17. The second kappa shape index (κ2) is 7.21. The molecular weight excluding hydrogens is 342 g/mol. The van der Waals surface area contributed by atoms with Crippen molar-refractivity contribution in [1.82, 2.24) is 15.3 Å². The smallest absolute Gasteiger partial charge is 0.349 e. The highest BCUT2D eigenvalue weighted by atomic mass is 16.4. The van der Waals surface area contributed by atoms with Gasteiger partial charge in [0.2, 0.25) is 0 Å². The maximum absolute atomic E-state index is 12.5. The molecule has 132 valence electrons. The Hall–Kier alpha value is -3.80. The number of pyridine rings is 2. The Morgan fingerprint density at radius 2 is 1.89 bits per heavy atom. The van der Waals surface area contributed by atoms with E-state index in [0.29, 0.717) is 11.0 Å². The fourth-order valence-electron chi connectivity index (χ4n) is 2.83. The number of benzene rings is 1. The van der Waals surface area contributed by atoms with Gasteiger partial charge in [0, 0.05) is 36.1 Å². The molecule has 0 aliphatic carbocycles. The summed E-state index contributed by atoms with van der Waals surface area (Å²) in [5.74, 6) is -0.490. The normalized spacial score (nSPS) is 10.7. The van der Waals surface area contributed by atoms with Crippen LogP contribution in [0.1, 0.15) is 15.9 Å². The van der Waals surface area contributed by atoms with E-state index in [1.165, 1.54) is 0 Å². The van der Waals surface area contributed by atoms with Gasteiger partial charge in [0.15, 0.2) is 0 Å². The Labute approximate surface area is 154 Å². The first-order valence-electron chi connectivity index (χ1n) is 8.38. The molecule has 4 rings (SSSR count). The fraction of sp³-hybridized carbons (Fsp3) is 0.0476. The third-order valence-electron chi connectivity index (χ3n) is 4.15. The molecule has 3 heterocycles. The summed E-state index contributed by atoms with van der Waals surface area (Å²) in [6.45, 7) is 0.225. The monoisotopic (exact) mass is 357 g/mol. The number of fused-ring (bicyclic) bond motifs is 1. The second-order valence-corrected chi connectivity index (χ2v) is 5.92. The molecular formula is C21H15N3O3. The van der Waals surface area contributed by atoms with Gasteiger partial charge in [-0.05, 0) is 35.9 Å². The summed E-state index contributed by atoms with van der Waals surface area (Å²) >= 11 is 0. The number of nitrogens with one attached hydrogen (secondary N) is 1. The average molecular weight is 357 g/mol. The number of amides is 1. The summed E-state index contributed by atoms with van der Waals surface area (Å²) < 4.78 is 5.22. The standard InChI is InChI=1S/C21H15N3O3/c25-20(17-11-14-5-1-2-8-18(14)27-21(17)26)24-13-16-7-4-10-23-19(16)15-6-3-9-22-12-15/h1-12H,13H2,(H,24,25). The molecule has 6 nitrogen and oxygen atoms in total. The van der Waals surface area contributed by atoms with Crippen molar-refractivity contribution in [2.24, 2.45) is 0 Å². The molecule has 0 saturated heterocycles. The number of nitrogens with zero attached hydrogens (tertiary/aromatic N) is 2. The lowest BCUT2D eigenvalue weighted by atomic mass is 10.1. The number of carbonyl (C=O) groups is 1. The maximum atomic E-state index is 12.5. The van der Waals surface area contributed by atoms with E-state index in [2.05, 4.69) is 15.3 Å². The van der Waals surface area contributed by atoms with Gasteiger partial charge >= 0.3 is 5.63 Å². The molecule has 0 unspecified atom stereocenters. The molecule has 0 spiro atoms. The van der Waals surface area contributed by atoms with Crippen LogP contribution >= 0.6 is 0 Å². The average Bonchev–Trinajstić information content (AvgIpc) is 2.72. The Morgan fingerprint density at radius 1 is 1.04 bits per heavy atom. The summed E-state index contributed by atoms with van der Waals surface area (Å²) in [6, 6.07) is 16.0. The number of carbonyl (C=O) groups excluding carboxylic acids is 1. The highest BCUT2D eigenvalue weighted by molar-refractivity contribution is 5.96. The van der Waals surface area contributed by atoms with E-state index in [1.54, 1.807) is 48.9 Å². The van der Waals surface area contributed by atoms with Gasteiger partial charge in [-0.3, -0.25) is 14.8 Å². The molecule has 0 aliphatic rings. The van der Waals surface area contributed by atoms with Crippen molar-refractivity contribution in [3.8, 4) is 11.3 Å². The molecule has 0 atom stereocenters. The minimum absolute atomic E-state index is 0.0273. The molecule has 1 aromatic carbocycles. The van der Waals surface area contributed by atoms with Gasteiger partial charge in [0.05, 0.1) is 5.69 Å². The van der Waals surface area contributed by atoms with Crippen LogP contribution in [0.5, 0.6) is 0 Å². The van der Waals surface area contributed by atoms with Gasteiger partial charge < -0.3 is 9.73 Å². The van der Waals surface area contributed by atoms with Crippen LogP contribution in [-0.2, 0) is 6.54 Å². The number of rotatable bonds is 4. The molecule has 0 radical (unpaired) electrons. The van der Waals surface area contributed by atoms with Gasteiger partial charge in [0.25, 0.3) is 5.91 Å². The van der Waals surface area contributed by atoms with Gasteiger partial charge in [-0.25, -0.2) is 4.79 Å². The molecule has 0 saturated carbocycles. The van der Waals surface area contributed by atoms with Gasteiger partial charge in [-0.2, -0.15) is 0 Å². The summed E-state index contributed by atoms with van der Waals surface area (Å²) in [6.07, 6.45) is 5.09. The van der Waals surface area contributed by atoms with Crippen LogP contribution in [0.4, 0.5) is 0 Å². The number of hydrogen-bond acceptors (Lipinski definition) is 5. The van der Waals surface area contributed by atoms with Crippen LogP contribution in [0, 0.1) is 0 Å². The van der Waals surface area contributed by atoms with Crippen LogP contribution in [0.3, 0.4) is 0 Å². The molecule has 27 heavy (non-hydrogen) atoms. The van der Waals surface area contributed by atoms with Gasteiger partial charge in [0.1, 0.15) is 11.1 Å². The molecule has 4 aromatic rings. The third kappa shape index (κ3) is 3.46. The fourth-order valence-corrected chi connectivity index (χ4v) is 2.83. The van der Waals surface area contributed by atoms with E-state index in [1.807, 2.05) is 24.3 Å². The Bertz CT molecular complexity index is 1170. The SMILES string of the molecule is O=C(NCc1cccnc1-c1cccnc1)c1cc2ccccc2oc1=O. The minimum atomic E-state index is -0.662. The van der Waals surface area contributed by atoms with Crippen molar-refractivity contribution in [3.05, 3.63) is 94.7 Å². The van der Waals surface area contributed by atoms with Crippen molar-refractivity contribution in [2.45, 2.75) is 6.54 Å². The first-order chi connectivity index (χ1) is 13.2. The lowest BCUT2D eigenvalue weighted by Gasteiger charge is -2.09. The van der Waals surface area contributed by atoms with Gasteiger partial charge in [-0.15, -0.1) is 0 Å². The number of aromatic nitrogens is 2. The quantitative estimate of drug-likeness (QED) is 0.567. The Kier molecular flexibility index (Phi) is 4.45. The van der Waals surface area contributed by atoms with Crippen molar-refractivity contribution in [3.63, 3.8) is 0 Å². The van der Waals surface area contributed by atoms with Crippen molar-refractivity contribution in [1.29, 1.82) is 0 Å². The van der Waals surface area contributed by atoms with E-state index in [4.69, 9.17) is 4.42 Å². The van der Waals surface area contributed by atoms with E-state index >= 15 is 0 Å². The molecule has 3 aromatic heterocycles. The zero-order chi connectivity index (χ0) is 18.6. The largest absolute Gasteiger partial charge is 0.422 e. The van der Waals surface area contributed by atoms with Crippen molar-refractivity contribution >= 4 is 16.9 Å². The minimum Gasteiger partial charge on any atom is -0.422 e. The van der Waals surface area contributed by atoms with Crippen molar-refractivity contribution < 1.29 is 9.21 Å². The molecule has 6 heteroatoms. The second-order valence-electron chi connectivity index (χ2n) is 5.92. The highest BCUT2D eigenvalue weighted by Crippen LogP contribution is 2.20. The predicted octanol–water partition coefficient (Wildman–Crippen LogP) is 3.18. The third-order valence-corrected chi connectivity index (χ3v) is 4.15. The van der Waals surface area contributed by atoms with E-state index in [9.17, 15) is 9.59 Å². The maximum Gasteiger partial charge on any atom is 0.349 e. The van der Waals surface area contributed by atoms with E-state index < -0.39 is 11.5 Å². The molecule has 1 amide bonds. The summed E-state index contributed by atoms with van der Waals surface area (Å²) in [5, 5.41) is 3.47. The highest BCUT2D eigenvalue weighted by Gasteiger charge is 2.14. The van der Waals surface area contributed by atoms with Crippen LogP contribution in [0.25, 0.3) is 22.2 Å². The van der Waals surface area contributed by atoms with Crippen LogP contribution in [0.15, 0.2) is 82.4 Å². The summed E-state index contributed by atoms with van der Waals surface area (Å²) in [7, 11) is 0. The zero-order valence-electron chi connectivity index (χ0n) is 14.3. The van der Waals surface area contributed by atoms with Crippen LogP contribution in [0.2, 0.25) is 0 Å². The molecule has 0 fully saturated rings. The molecule has 1 N–H and O–H groups in total. The Morgan fingerprint density at radius 3 is 2.74 bits per heavy atom. The lowest BCUT2D eigenvalue weighted by Crippen LogP contribution is -2.28. The van der Waals surface area contributed by atoms with Crippen molar-refractivity contribution in [2.75, 3.05) is 0 Å². The van der Waals surface area contributed by atoms with E-state index in [0.717, 1.165) is 16.8 Å². The molecule has 0 bridgehead atoms. The summed E-state index contributed by atoms with van der Waals surface area (Å²) in [4.78, 5) is 33.1. The first-order valence-corrected chi connectivity index (χ1v) is 8.38. The van der Waals surface area contributed by atoms with Crippen LogP contribution in [-0.4, -0.2) is 15.9 Å².